The molecule has 2 rings (SSSR count). The Labute approximate surface area is 135 Å². The van der Waals surface area contributed by atoms with E-state index in [2.05, 4.69) is 33.1 Å². The van der Waals surface area contributed by atoms with Crippen LogP contribution in [-0.4, -0.2) is 36.1 Å². The van der Waals surface area contributed by atoms with Crippen molar-refractivity contribution in [1.29, 1.82) is 0 Å². The summed E-state index contributed by atoms with van der Waals surface area (Å²) >= 11 is 8.51. The maximum Gasteiger partial charge on any atom is 0.105 e. The summed E-state index contributed by atoms with van der Waals surface area (Å²) in [6, 6.07) is 6.03. The molecular weight excluding hydrogens is 334 g/mol. The van der Waals surface area contributed by atoms with E-state index < -0.39 is 0 Å². The van der Waals surface area contributed by atoms with Crippen LogP contribution in [0.2, 0.25) is 0 Å². The Morgan fingerprint density at radius 1 is 1.45 bits per heavy atom. The molecule has 1 unspecified atom stereocenters. The maximum atomic E-state index is 5.65. The lowest BCUT2D eigenvalue weighted by molar-refractivity contribution is 0.294. The number of thiocarbonyl (C=S) groups is 1. The van der Waals surface area contributed by atoms with Crippen LogP contribution in [0.15, 0.2) is 22.7 Å². The van der Waals surface area contributed by atoms with Gasteiger partial charge >= 0.3 is 0 Å². The third kappa shape index (κ3) is 4.43. The molecule has 1 fully saturated rings. The van der Waals surface area contributed by atoms with E-state index in [9.17, 15) is 0 Å². The quantitative estimate of drug-likeness (QED) is 0.768. The van der Waals surface area contributed by atoms with Crippen LogP contribution in [0.3, 0.4) is 0 Å². The average molecular weight is 356 g/mol. The summed E-state index contributed by atoms with van der Waals surface area (Å²) in [7, 11) is 0. The van der Waals surface area contributed by atoms with Crippen LogP contribution in [-0.2, 0) is 0 Å². The molecule has 1 aromatic rings. The SMILES string of the molecule is CC(CNc1ccc(C(N)=S)c(Br)c1)CN1CCCC1. The second kappa shape index (κ2) is 7.38. The van der Waals surface area contributed by atoms with E-state index in [1.54, 1.807) is 0 Å². The predicted octanol–water partition coefficient (Wildman–Crippen LogP) is 3.23. The molecule has 0 amide bonds. The zero-order chi connectivity index (χ0) is 14.5. The van der Waals surface area contributed by atoms with Crippen LogP contribution < -0.4 is 11.1 Å². The fourth-order valence-corrected chi connectivity index (χ4v) is 3.49. The van der Waals surface area contributed by atoms with Crippen molar-refractivity contribution in [2.75, 3.05) is 31.5 Å². The number of benzene rings is 1. The molecule has 20 heavy (non-hydrogen) atoms. The van der Waals surface area contributed by atoms with Gasteiger partial charge in [0.15, 0.2) is 0 Å². The molecule has 0 spiro atoms. The zero-order valence-electron chi connectivity index (χ0n) is 11.9. The van der Waals surface area contributed by atoms with E-state index in [4.69, 9.17) is 18.0 Å². The molecule has 110 valence electrons. The Morgan fingerprint density at radius 3 is 2.75 bits per heavy atom. The lowest BCUT2D eigenvalue weighted by Gasteiger charge is -2.21. The molecule has 3 N–H and O–H groups in total. The Bertz CT molecular complexity index is 472. The second-order valence-electron chi connectivity index (χ2n) is 5.55. The van der Waals surface area contributed by atoms with Gasteiger partial charge in [0, 0.05) is 28.8 Å². The summed E-state index contributed by atoms with van der Waals surface area (Å²) in [5.74, 6) is 0.641. The first kappa shape index (κ1) is 15.7. The van der Waals surface area contributed by atoms with Crippen molar-refractivity contribution in [3.63, 3.8) is 0 Å². The van der Waals surface area contributed by atoms with Gasteiger partial charge in [0.1, 0.15) is 4.99 Å². The summed E-state index contributed by atoms with van der Waals surface area (Å²) < 4.78 is 0.946. The van der Waals surface area contributed by atoms with Crippen LogP contribution in [0.4, 0.5) is 5.69 Å². The number of hydrogen-bond acceptors (Lipinski definition) is 3. The molecule has 0 aromatic heterocycles. The van der Waals surface area contributed by atoms with Gasteiger partial charge in [-0.25, -0.2) is 0 Å². The van der Waals surface area contributed by atoms with E-state index in [-0.39, 0.29) is 0 Å². The van der Waals surface area contributed by atoms with Crippen molar-refractivity contribution < 1.29 is 0 Å². The summed E-state index contributed by atoms with van der Waals surface area (Å²) in [5.41, 5.74) is 7.64. The number of halogens is 1. The topological polar surface area (TPSA) is 41.3 Å². The van der Waals surface area contributed by atoms with Crippen LogP contribution in [0.1, 0.15) is 25.3 Å². The van der Waals surface area contributed by atoms with Crippen LogP contribution in [0, 0.1) is 5.92 Å². The molecule has 0 radical (unpaired) electrons. The van der Waals surface area contributed by atoms with Gasteiger partial charge in [-0.2, -0.15) is 0 Å². The highest BCUT2D eigenvalue weighted by Gasteiger charge is 2.14. The zero-order valence-corrected chi connectivity index (χ0v) is 14.3. The fourth-order valence-electron chi connectivity index (χ4n) is 2.59. The van der Waals surface area contributed by atoms with Gasteiger partial charge < -0.3 is 16.0 Å². The third-order valence-corrected chi connectivity index (χ3v) is 4.53. The van der Waals surface area contributed by atoms with Crippen molar-refractivity contribution in [3.05, 3.63) is 28.2 Å². The van der Waals surface area contributed by atoms with Crippen molar-refractivity contribution in [2.24, 2.45) is 11.7 Å². The van der Waals surface area contributed by atoms with Gasteiger partial charge in [0.05, 0.1) is 0 Å². The van der Waals surface area contributed by atoms with Crippen LogP contribution >= 0.6 is 28.1 Å². The van der Waals surface area contributed by atoms with Crippen molar-refractivity contribution >= 4 is 38.8 Å². The van der Waals surface area contributed by atoms with E-state index in [0.29, 0.717) is 10.9 Å². The fraction of sp³-hybridized carbons (Fsp3) is 0.533. The summed E-state index contributed by atoms with van der Waals surface area (Å²) in [6.45, 7) is 6.98. The van der Waals surface area contributed by atoms with E-state index in [0.717, 1.165) is 22.3 Å². The standard InChI is InChI=1S/C15H22BrN3S/c1-11(10-19-6-2-3-7-19)9-18-12-4-5-13(15(17)20)14(16)8-12/h4-5,8,11,18H,2-3,6-7,9-10H2,1H3,(H2,17,20). The molecule has 1 aliphatic heterocycles. The monoisotopic (exact) mass is 355 g/mol. The van der Waals surface area contributed by atoms with Gasteiger partial charge in [-0.15, -0.1) is 0 Å². The van der Waals surface area contributed by atoms with E-state index in [1.807, 2.05) is 18.2 Å². The second-order valence-corrected chi connectivity index (χ2v) is 6.85. The average Bonchev–Trinajstić information content (AvgIpc) is 2.89. The van der Waals surface area contributed by atoms with Gasteiger partial charge in [-0.1, -0.05) is 19.1 Å². The first-order valence-corrected chi connectivity index (χ1v) is 8.32. The third-order valence-electron chi connectivity index (χ3n) is 3.66. The molecule has 1 aromatic carbocycles. The molecule has 1 atom stereocenters. The first-order valence-electron chi connectivity index (χ1n) is 7.12. The Balaban J connectivity index is 1.84. The van der Waals surface area contributed by atoms with Crippen molar-refractivity contribution in [3.8, 4) is 0 Å². The highest BCUT2D eigenvalue weighted by Crippen LogP contribution is 2.22. The molecule has 1 heterocycles. The number of nitrogens with zero attached hydrogens (tertiary/aromatic N) is 1. The van der Waals surface area contributed by atoms with Gasteiger partial charge in [-0.05, 0) is 66.0 Å². The van der Waals surface area contributed by atoms with Crippen LogP contribution in [0.5, 0.6) is 0 Å². The molecule has 1 saturated heterocycles. The van der Waals surface area contributed by atoms with Gasteiger partial charge in [0.2, 0.25) is 0 Å². The molecule has 1 aliphatic rings. The van der Waals surface area contributed by atoms with Gasteiger partial charge in [0.25, 0.3) is 0 Å². The molecule has 3 nitrogen and oxygen atoms in total. The highest BCUT2D eigenvalue weighted by atomic mass is 79.9. The van der Waals surface area contributed by atoms with Crippen molar-refractivity contribution in [2.45, 2.75) is 19.8 Å². The Morgan fingerprint density at radius 2 is 2.15 bits per heavy atom. The molecular formula is C15H22BrN3S. The number of hydrogen-bond donors (Lipinski definition) is 2. The Hall–Kier alpha value is -0.650. The van der Waals surface area contributed by atoms with E-state index in [1.165, 1.54) is 32.5 Å². The molecule has 0 bridgehead atoms. The molecule has 5 heteroatoms. The number of rotatable bonds is 6. The summed E-state index contributed by atoms with van der Waals surface area (Å²) in [5, 5.41) is 3.48. The summed E-state index contributed by atoms with van der Waals surface area (Å²) in [4.78, 5) is 2.98. The minimum atomic E-state index is 0.422. The number of likely N-dealkylation sites (tertiary alicyclic amines) is 1. The van der Waals surface area contributed by atoms with Gasteiger partial charge in [-0.3, -0.25) is 0 Å². The lowest BCUT2D eigenvalue weighted by Crippen LogP contribution is -2.28. The maximum absolute atomic E-state index is 5.65. The predicted molar refractivity (Wildman–Crippen MR) is 93.4 cm³/mol. The van der Waals surface area contributed by atoms with Crippen LogP contribution in [0.25, 0.3) is 0 Å². The molecule has 0 aliphatic carbocycles. The Kier molecular flexibility index (Phi) is 5.81. The normalized spacial score (nSPS) is 17.1. The minimum absolute atomic E-state index is 0.422. The minimum Gasteiger partial charge on any atom is -0.389 e. The highest BCUT2D eigenvalue weighted by molar-refractivity contribution is 9.10. The number of nitrogens with two attached hydrogens (primary N) is 1. The lowest BCUT2D eigenvalue weighted by atomic mass is 10.1. The largest absolute Gasteiger partial charge is 0.389 e. The number of nitrogens with one attached hydrogen (secondary N) is 1. The van der Waals surface area contributed by atoms with E-state index >= 15 is 0 Å². The first-order chi connectivity index (χ1) is 9.56. The number of anilines is 1. The van der Waals surface area contributed by atoms with Crippen molar-refractivity contribution in [1.82, 2.24) is 4.90 Å². The summed E-state index contributed by atoms with van der Waals surface area (Å²) in [6.07, 6.45) is 2.71. The molecule has 0 saturated carbocycles. The smallest absolute Gasteiger partial charge is 0.105 e.